The van der Waals surface area contributed by atoms with E-state index in [9.17, 15) is 4.79 Å². The highest BCUT2D eigenvalue weighted by molar-refractivity contribution is 7.12. The molecule has 1 heterocycles. The molecule has 0 radical (unpaired) electrons. The van der Waals surface area contributed by atoms with Gasteiger partial charge in [-0.3, -0.25) is 0 Å². The number of carbonyl (C=O) groups excluding carboxylic acids is 1. The summed E-state index contributed by atoms with van der Waals surface area (Å²) in [5.41, 5.74) is 1.06. The van der Waals surface area contributed by atoms with E-state index in [0.717, 1.165) is 24.8 Å². The van der Waals surface area contributed by atoms with Gasteiger partial charge in [-0.25, -0.2) is 4.79 Å². The summed E-state index contributed by atoms with van der Waals surface area (Å²) in [6.07, 6.45) is 4.54. The summed E-state index contributed by atoms with van der Waals surface area (Å²) in [4.78, 5) is 15.9. The Balaban J connectivity index is 2.44. The van der Waals surface area contributed by atoms with E-state index >= 15 is 0 Å². The van der Waals surface area contributed by atoms with Crippen molar-refractivity contribution in [2.45, 2.75) is 25.3 Å². The highest BCUT2D eigenvalue weighted by atomic mass is 32.1. The number of isocyanates is 1. The number of nitrogens with zero attached hydrogens (tertiary/aromatic N) is 2. The Bertz CT molecular complexity index is 437. The lowest BCUT2D eigenvalue weighted by molar-refractivity contribution is 0.540. The first-order chi connectivity index (χ1) is 6.85. The summed E-state index contributed by atoms with van der Waals surface area (Å²) in [5, 5.41) is 8.76. The predicted octanol–water partition coefficient (Wildman–Crippen LogP) is 2.33. The highest BCUT2D eigenvalue weighted by Crippen LogP contribution is 2.37. The van der Waals surface area contributed by atoms with E-state index < -0.39 is 0 Å². The molecule has 0 aromatic carbocycles. The molecule has 4 heteroatoms. The van der Waals surface area contributed by atoms with Crippen molar-refractivity contribution in [1.82, 2.24) is 0 Å². The Morgan fingerprint density at radius 3 is 3.21 bits per heavy atom. The summed E-state index contributed by atoms with van der Waals surface area (Å²) in [7, 11) is 0. The lowest BCUT2D eigenvalue weighted by Gasteiger charge is -2.16. The minimum Gasteiger partial charge on any atom is -0.211 e. The van der Waals surface area contributed by atoms with E-state index in [1.54, 1.807) is 6.08 Å². The van der Waals surface area contributed by atoms with Crippen molar-refractivity contribution < 1.29 is 4.79 Å². The molecule has 0 amide bonds. The second kappa shape index (κ2) is 3.75. The van der Waals surface area contributed by atoms with Crippen molar-refractivity contribution in [2.24, 2.45) is 4.99 Å². The molecule has 0 N–H and O–H groups in total. The largest absolute Gasteiger partial charge is 0.235 e. The number of aryl methyl sites for hydroxylation is 1. The van der Waals surface area contributed by atoms with Crippen LogP contribution in [0.1, 0.15) is 34.2 Å². The summed E-state index contributed by atoms with van der Waals surface area (Å²) in [6.45, 7) is 0. The average molecular weight is 204 g/mol. The van der Waals surface area contributed by atoms with Crippen LogP contribution in [0.5, 0.6) is 0 Å². The van der Waals surface area contributed by atoms with Crippen LogP contribution in [-0.2, 0) is 11.2 Å². The standard InChI is InChI=1S/C10H8N2OS/c11-5-7-4-8-9(12-6-13)2-1-3-10(8)14-7/h4,9H,1-3H2. The second-order valence-electron chi connectivity index (χ2n) is 3.23. The number of hydrogen-bond acceptors (Lipinski definition) is 4. The SMILES string of the molecule is N#Cc1cc2c(s1)CCCC2N=C=O. The molecule has 0 aliphatic heterocycles. The summed E-state index contributed by atoms with van der Waals surface area (Å²) >= 11 is 1.51. The third-order valence-electron chi connectivity index (χ3n) is 2.40. The van der Waals surface area contributed by atoms with E-state index in [1.807, 2.05) is 6.07 Å². The molecule has 0 fully saturated rings. The zero-order valence-corrected chi connectivity index (χ0v) is 8.30. The normalized spacial score (nSPS) is 19.2. The van der Waals surface area contributed by atoms with Gasteiger partial charge in [0, 0.05) is 4.88 Å². The molecule has 1 atom stereocenters. The van der Waals surface area contributed by atoms with Crippen LogP contribution in [0.3, 0.4) is 0 Å². The smallest absolute Gasteiger partial charge is 0.211 e. The molecule has 0 saturated carbocycles. The first-order valence-electron chi connectivity index (χ1n) is 4.45. The van der Waals surface area contributed by atoms with E-state index in [0.29, 0.717) is 4.88 Å². The van der Waals surface area contributed by atoms with Crippen molar-refractivity contribution >= 4 is 17.4 Å². The second-order valence-corrected chi connectivity index (χ2v) is 4.37. The van der Waals surface area contributed by atoms with Crippen LogP contribution in [0.25, 0.3) is 0 Å². The fourth-order valence-corrected chi connectivity index (χ4v) is 2.84. The van der Waals surface area contributed by atoms with Crippen LogP contribution in [0.4, 0.5) is 0 Å². The van der Waals surface area contributed by atoms with Crippen molar-refractivity contribution in [3.63, 3.8) is 0 Å². The number of rotatable bonds is 1. The molecule has 1 unspecified atom stereocenters. The molecule has 14 heavy (non-hydrogen) atoms. The van der Waals surface area contributed by atoms with Crippen LogP contribution in [0.15, 0.2) is 11.1 Å². The number of hydrogen-bond donors (Lipinski definition) is 0. The van der Waals surface area contributed by atoms with Gasteiger partial charge in [-0.15, -0.1) is 11.3 Å². The molecule has 3 nitrogen and oxygen atoms in total. The number of aliphatic imine (C=N–C) groups is 1. The lowest BCUT2D eigenvalue weighted by Crippen LogP contribution is -2.04. The van der Waals surface area contributed by atoms with Gasteiger partial charge in [0.1, 0.15) is 10.9 Å². The molecule has 0 saturated heterocycles. The van der Waals surface area contributed by atoms with E-state index in [2.05, 4.69) is 11.1 Å². The molecule has 2 rings (SSSR count). The van der Waals surface area contributed by atoms with Crippen LogP contribution in [0.2, 0.25) is 0 Å². The maximum Gasteiger partial charge on any atom is 0.235 e. The van der Waals surface area contributed by atoms with Gasteiger partial charge in [-0.2, -0.15) is 10.3 Å². The van der Waals surface area contributed by atoms with Crippen molar-refractivity contribution in [3.8, 4) is 6.07 Å². The minimum atomic E-state index is -0.0606. The van der Waals surface area contributed by atoms with Gasteiger partial charge >= 0.3 is 0 Å². The molecule has 1 aromatic rings. The van der Waals surface area contributed by atoms with E-state index in [-0.39, 0.29) is 6.04 Å². The molecule has 1 aromatic heterocycles. The summed E-state index contributed by atoms with van der Waals surface area (Å²) in [5.74, 6) is 0. The zero-order chi connectivity index (χ0) is 9.97. The average Bonchev–Trinajstić information content (AvgIpc) is 2.62. The third-order valence-corrected chi connectivity index (χ3v) is 3.52. The fraction of sp³-hybridized carbons (Fsp3) is 0.400. The van der Waals surface area contributed by atoms with E-state index in [4.69, 9.17) is 5.26 Å². The maximum absolute atomic E-state index is 10.2. The molecular formula is C10H8N2OS. The summed E-state index contributed by atoms with van der Waals surface area (Å²) < 4.78 is 0. The molecular weight excluding hydrogens is 196 g/mol. The van der Waals surface area contributed by atoms with E-state index in [1.165, 1.54) is 16.2 Å². The van der Waals surface area contributed by atoms with Crippen molar-refractivity contribution in [2.75, 3.05) is 0 Å². The van der Waals surface area contributed by atoms with Gasteiger partial charge in [0.2, 0.25) is 6.08 Å². The minimum absolute atomic E-state index is 0.0606. The van der Waals surface area contributed by atoms with Crippen molar-refractivity contribution in [1.29, 1.82) is 5.26 Å². The Morgan fingerprint density at radius 1 is 1.64 bits per heavy atom. The Morgan fingerprint density at radius 2 is 2.50 bits per heavy atom. The maximum atomic E-state index is 10.2. The molecule has 1 aliphatic rings. The van der Waals surface area contributed by atoms with Gasteiger partial charge in [-0.1, -0.05) is 0 Å². The Hall–Kier alpha value is -1.43. The molecule has 0 spiro atoms. The van der Waals surface area contributed by atoms with Crippen LogP contribution in [0, 0.1) is 11.3 Å². The van der Waals surface area contributed by atoms with Crippen LogP contribution >= 0.6 is 11.3 Å². The monoisotopic (exact) mass is 204 g/mol. The zero-order valence-electron chi connectivity index (χ0n) is 7.49. The van der Waals surface area contributed by atoms with Gasteiger partial charge in [0.25, 0.3) is 0 Å². The van der Waals surface area contributed by atoms with Gasteiger partial charge in [0.05, 0.1) is 6.04 Å². The van der Waals surface area contributed by atoms with Crippen molar-refractivity contribution in [3.05, 3.63) is 21.4 Å². The van der Waals surface area contributed by atoms with Gasteiger partial charge in [-0.05, 0) is 30.9 Å². The Kier molecular flexibility index (Phi) is 2.45. The summed E-state index contributed by atoms with van der Waals surface area (Å²) in [6, 6.07) is 3.92. The quantitative estimate of drug-likeness (QED) is 0.520. The first-order valence-corrected chi connectivity index (χ1v) is 5.26. The predicted molar refractivity (Wildman–Crippen MR) is 52.8 cm³/mol. The van der Waals surface area contributed by atoms with Crippen LogP contribution in [-0.4, -0.2) is 6.08 Å². The van der Waals surface area contributed by atoms with Gasteiger partial charge < -0.3 is 0 Å². The number of thiophene rings is 1. The lowest BCUT2D eigenvalue weighted by atomic mass is 9.94. The Labute approximate surface area is 85.7 Å². The van der Waals surface area contributed by atoms with Crippen LogP contribution < -0.4 is 0 Å². The topological polar surface area (TPSA) is 53.2 Å². The third kappa shape index (κ3) is 1.48. The molecule has 1 aliphatic carbocycles. The number of nitriles is 1. The van der Waals surface area contributed by atoms with Gasteiger partial charge in [0.15, 0.2) is 0 Å². The molecule has 0 bridgehead atoms. The molecule has 70 valence electrons. The number of fused-ring (bicyclic) bond motifs is 1. The highest BCUT2D eigenvalue weighted by Gasteiger charge is 2.22. The fourth-order valence-electron chi connectivity index (χ4n) is 1.78. The first kappa shape index (κ1) is 9.14.